The molecule has 3 heteroatoms. The fourth-order valence-corrected chi connectivity index (χ4v) is 3.50. The summed E-state index contributed by atoms with van der Waals surface area (Å²) < 4.78 is 0. The van der Waals surface area contributed by atoms with Crippen molar-refractivity contribution in [2.75, 3.05) is 18.0 Å². The summed E-state index contributed by atoms with van der Waals surface area (Å²) in [6, 6.07) is 8.70. The maximum absolute atomic E-state index is 12.0. The quantitative estimate of drug-likeness (QED) is 0.919. The van der Waals surface area contributed by atoms with Gasteiger partial charge in [0.2, 0.25) is 5.91 Å². The van der Waals surface area contributed by atoms with Crippen LogP contribution in [0, 0.1) is 5.92 Å². The van der Waals surface area contributed by atoms with Gasteiger partial charge in [-0.2, -0.15) is 0 Å². The average Bonchev–Trinajstić information content (AvgIpc) is 3.08. The fourth-order valence-electron chi connectivity index (χ4n) is 3.50. The first-order valence-corrected chi connectivity index (χ1v) is 8.44. The van der Waals surface area contributed by atoms with Gasteiger partial charge in [0.05, 0.1) is 0 Å². The van der Waals surface area contributed by atoms with Crippen LogP contribution in [0.2, 0.25) is 0 Å². The van der Waals surface area contributed by atoms with Crippen LogP contribution < -0.4 is 10.2 Å². The first-order chi connectivity index (χ1) is 10.3. The second-order valence-corrected chi connectivity index (χ2v) is 6.41. The number of amides is 1. The first-order valence-electron chi connectivity index (χ1n) is 8.44. The van der Waals surface area contributed by atoms with Crippen LogP contribution in [0.3, 0.4) is 0 Å². The highest BCUT2D eigenvalue weighted by Crippen LogP contribution is 2.25. The van der Waals surface area contributed by atoms with Crippen molar-refractivity contribution < 1.29 is 4.79 Å². The Kier molecular flexibility index (Phi) is 4.79. The molecule has 2 fully saturated rings. The topological polar surface area (TPSA) is 32.3 Å². The number of nitrogens with one attached hydrogen (secondary N) is 1. The van der Waals surface area contributed by atoms with E-state index in [2.05, 4.69) is 34.5 Å². The molecular weight excluding hydrogens is 260 g/mol. The summed E-state index contributed by atoms with van der Waals surface area (Å²) in [4.78, 5) is 14.5. The summed E-state index contributed by atoms with van der Waals surface area (Å²) in [5, 5.41) is 3.09. The highest BCUT2D eigenvalue weighted by Gasteiger charge is 2.22. The van der Waals surface area contributed by atoms with Crippen molar-refractivity contribution in [3.63, 3.8) is 0 Å². The second kappa shape index (κ2) is 6.97. The minimum Gasteiger partial charge on any atom is -0.372 e. The Balaban J connectivity index is 1.50. The number of carbonyl (C=O) groups excluding carboxylic acids is 1. The Bertz CT molecular complexity index is 457. The molecule has 0 unspecified atom stereocenters. The molecule has 21 heavy (non-hydrogen) atoms. The normalized spacial score (nSPS) is 19.7. The largest absolute Gasteiger partial charge is 0.372 e. The van der Waals surface area contributed by atoms with E-state index in [4.69, 9.17) is 0 Å². The zero-order valence-corrected chi connectivity index (χ0v) is 12.8. The highest BCUT2D eigenvalue weighted by molar-refractivity contribution is 5.78. The van der Waals surface area contributed by atoms with E-state index < -0.39 is 0 Å². The van der Waals surface area contributed by atoms with Gasteiger partial charge in [-0.05, 0) is 49.8 Å². The van der Waals surface area contributed by atoms with Gasteiger partial charge in [-0.3, -0.25) is 4.79 Å². The van der Waals surface area contributed by atoms with Crippen molar-refractivity contribution in [1.29, 1.82) is 0 Å². The molecular formula is C18H26N2O. The Labute approximate surface area is 127 Å². The van der Waals surface area contributed by atoms with E-state index in [1.807, 2.05) is 0 Å². The van der Waals surface area contributed by atoms with E-state index in [-0.39, 0.29) is 11.8 Å². The number of hydrogen-bond acceptors (Lipinski definition) is 2. The summed E-state index contributed by atoms with van der Waals surface area (Å²) in [6.45, 7) is 3.02. The van der Waals surface area contributed by atoms with Crippen molar-refractivity contribution >= 4 is 11.6 Å². The van der Waals surface area contributed by atoms with Crippen molar-refractivity contribution in [3.05, 3.63) is 29.8 Å². The third kappa shape index (κ3) is 3.78. The lowest BCUT2D eigenvalue weighted by Gasteiger charge is -2.28. The van der Waals surface area contributed by atoms with Crippen LogP contribution in [0.1, 0.15) is 50.5 Å². The number of piperidine rings is 1. The average molecular weight is 286 g/mol. The number of anilines is 1. The molecule has 0 spiro atoms. The van der Waals surface area contributed by atoms with Crippen LogP contribution >= 0.6 is 0 Å². The molecule has 1 saturated heterocycles. The van der Waals surface area contributed by atoms with E-state index in [0.717, 1.165) is 12.8 Å². The minimum absolute atomic E-state index is 0.243. The molecule has 0 bridgehead atoms. The number of benzene rings is 1. The summed E-state index contributed by atoms with van der Waals surface area (Å²) in [5.41, 5.74) is 2.52. The Morgan fingerprint density at radius 2 is 1.67 bits per heavy atom. The molecule has 3 nitrogen and oxygen atoms in total. The third-order valence-corrected chi connectivity index (χ3v) is 4.85. The standard InChI is InChI=1S/C18H26N2O/c21-18(16-6-2-3-7-16)19-14-15-8-10-17(11-9-15)20-12-4-1-5-13-20/h8-11,16H,1-7,12-14H2,(H,19,21). The van der Waals surface area contributed by atoms with E-state index in [1.54, 1.807) is 0 Å². The summed E-state index contributed by atoms with van der Waals surface area (Å²) in [6.07, 6.45) is 8.53. The predicted molar refractivity (Wildman–Crippen MR) is 86.3 cm³/mol. The maximum atomic E-state index is 12.0. The van der Waals surface area contributed by atoms with Crippen molar-refractivity contribution in [3.8, 4) is 0 Å². The van der Waals surface area contributed by atoms with Crippen molar-refractivity contribution in [2.45, 2.75) is 51.5 Å². The lowest BCUT2D eigenvalue weighted by molar-refractivity contribution is -0.124. The molecule has 1 aliphatic heterocycles. The molecule has 0 aromatic heterocycles. The summed E-state index contributed by atoms with van der Waals surface area (Å²) in [5.74, 6) is 0.505. The monoisotopic (exact) mass is 286 g/mol. The molecule has 1 aliphatic carbocycles. The van der Waals surface area contributed by atoms with E-state index in [9.17, 15) is 4.79 Å². The molecule has 3 rings (SSSR count). The molecule has 1 N–H and O–H groups in total. The smallest absolute Gasteiger partial charge is 0.223 e. The van der Waals surface area contributed by atoms with Gasteiger partial charge in [-0.15, -0.1) is 0 Å². The number of nitrogens with zero attached hydrogens (tertiary/aromatic N) is 1. The Morgan fingerprint density at radius 1 is 1.00 bits per heavy atom. The van der Waals surface area contributed by atoms with Gasteiger partial charge < -0.3 is 10.2 Å². The SMILES string of the molecule is O=C(NCc1ccc(N2CCCCC2)cc1)C1CCCC1. The summed E-state index contributed by atoms with van der Waals surface area (Å²) in [7, 11) is 0. The molecule has 114 valence electrons. The molecule has 1 amide bonds. The molecule has 0 atom stereocenters. The zero-order valence-electron chi connectivity index (χ0n) is 12.8. The molecule has 1 aromatic carbocycles. The predicted octanol–water partition coefficient (Wildman–Crippen LogP) is 3.48. The van der Waals surface area contributed by atoms with Gasteiger partial charge in [0.25, 0.3) is 0 Å². The minimum atomic E-state index is 0.243. The number of carbonyl (C=O) groups is 1. The van der Waals surface area contributed by atoms with Crippen LogP contribution in [0.25, 0.3) is 0 Å². The third-order valence-electron chi connectivity index (χ3n) is 4.85. The second-order valence-electron chi connectivity index (χ2n) is 6.41. The molecule has 2 aliphatic rings. The molecule has 1 aromatic rings. The Hall–Kier alpha value is -1.51. The van der Waals surface area contributed by atoms with Gasteiger partial charge in [0, 0.05) is 31.2 Å². The molecule has 1 saturated carbocycles. The Morgan fingerprint density at radius 3 is 2.33 bits per heavy atom. The fraction of sp³-hybridized carbons (Fsp3) is 0.611. The van der Waals surface area contributed by atoms with Crippen LogP contribution in [0.5, 0.6) is 0 Å². The highest BCUT2D eigenvalue weighted by atomic mass is 16.1. The van der Waals surface area contributed by atoms with Crippen molar-refractivity contribution in [1.82, 2.24) is 5.32 Å². The van der Waals surface area contributed by atoms with Gasteiger partial charge >= 0.3 is 0 Å². The number of rotatable bonds is 4. The van der Waals surface area contributed by atoms with Crippen LogP contribution in [-0.4, -0.2) is 19.0 Å². The zero-order chi connectivity index (χ0) is 14.5. The summed E-state index contributed by atoms with van der Waals surface area (Å²) >= 11 is 0. The van der Waals surface area contributed by atoms with Crippen molar-refractivity contribution in [2.24, 2.45) is 5.92 Å². The van der Waals surface area contributed by atoms with Crippen LogP contribution in [0.15, 0.2) is 24.3 Å². The van der Waals surface area contributed by atoms with E-state index >= 15 is 0 Å². The van der Waals surface area contributed by atoms with Crippen LogP contribution in [0.4, 0.5) is 5.69 Å². The van der Waals surface area contributed by atoms with Gasteiger partial charge in [0.1, 0.15) is 0 Å². The lowest BCUT2D eigenvalue weighted by atomic mass is 10.1. The van der Waals surface area contributed by atoms with Gasteiger partial charge in [0.15, 0.2) is 0 Å². The molecule has 0 radical (unpaired) electrons. The van der Waals surface area contributed by atoms with Gasteiger partial charge in [-0.1, -0.05) is 25.0 Å². The maximum Gasteiger partial charge on any atom is 0.223 e. The van der Waals surface area contributed by atoms with Gasteiger partial charge in [-0.25, -0.2) is 0 Å². The number of hydrogen-bond donors (Lipinski definition) is 1. The lowest BCUT2D eigenvalue weighted by Crippen LogP contribution is -2.29. The van der Waals surface area contributed by atoms with Crippen LogP contribution in [-0.2, 0) is 11.3 Å². The first kappa shape index (κ1) is 14.4. The molecule has 1 heterocycles. The van der Waals surface area contributed by atoms with E-state index in [1.165, 1.54) is 56.4 Å². The van der Waals surface area contributed by atoms with E-state index in [0.29, 0.717) is 6.54 Å².